The van der Waals surface area contributed by atoms with Gasteiger partial charge in [0.2, 0.25) is 10.0 Å². The van der Waals surface area contributed by atoms with Crippen molar-refractivity contribution in [2.45, 2.75) is 18.4 Å². The standard InChI is InChI=1S/C24H27N3O4S2/c1-4-15-26(16-5-2)33(29,30)20-13-11-19(12-14-20)23(28)25-24-27(17-18-31-6-3)21-9-7-8-10-22(21)32-24/h4-5,7-14H,1-2,6,15-18H2,3H3. The van der Waals surface area contributed by atoms with Gasteiger partial charge < -0.3 is 9.30 Å². The predicted molar refractivity (Wildman–Crippen MR) is 132 cm³/mol. The van der Waals surface area contributed by atoms with Crippen LogP contribution in [-0.4, -0.2) is 49.5 Å². The number of nitrogens with zero attached hydrogens (tertiary/aromatic N) is 3. The second-order valence-corrected chi connectivity index (χ2v) is 9.99. The average Bonchev–Trinajstić information content (AvgIpc) is 3.16. The van der Waals surface area contributed by atoms with Crippen molar-refractivity contribution >= 4 is 37.5 Å². The number of carbonyl (C=O) groups excluding carboxylic acids is 1. The lowest BCUT2D eigenvalue weighted by atomic mass is 10.2. The van der Waals surface area contributed by atoms with Gasteiger partial charge in [-0.1, -0.05) is 35.6 Å². The first-order valence-corrected chi connectivity index (χ1v) is 12.7. The van der Waals surface area contributed by atoms with Crippen molar-refractivity contribution in [3.8, 4) is 0 Å². The molecular weight excluding hydrogens is 458 g/mol. The number of para-hydroxylation sites is 1. The monoisotopic (exact) mass is 485 g/mol. The summed E-state index contributed by atoms with van der Waals surface area (Å²) in [5.74, 6) is -0.440. The molecule has 33 heavy (non-hydrogen) atoms. The average molecular weight is 486 g/mol. The second-order valence-electron chi connectivity index (χ2n) is 7.04. The Morgan fingerprint density at radius 1 is 1.12 bits per heavy atom. The molecule has 1 amide bonds. The molecule has 0 aliphatic carbocycles. The number of sulfonamides is 1. The zero-order valence-electron chi connectivity index (χ0n) is 18.5. The van der Waals surface area contributed by atoms with E-state index < -0.39 is 15.9 Å². The molecule has 0 atom stereocenters. The lowest BCUT2D eigenvalue weighted by Crippen LogP contribution is -2.31. The van der Waals surface area contributed by atoms with Crippen LogP contribution in [0.25, 0.3) is 10.2 Å². The molecule has 0 aliphatic heterocycles. The quantitative estimate of drug-likeness (QED) is 0.305. The SMILES string of the molecule is C=CCN(CC=C)S(=O)(=O)c1ccc(C(=O)N=c2sc3ccccc3n2CCOCC)cc1. The van der Waals surface area contributed by atoms with Crippen molar-refractivity contribution < 1.29 is 17.9 Å². The third-order valence-electron chi connectivity index (χ3n) is 4.85. The van der Waals surface area contributed by atoms with E-state index in [0.717, 1.165) is 10.2 Å². The van der Waals surface area contributed by atoms with E-state index in [1.807, 2.05) is 35.8 Å². The smallest absolute Gasteiger partial charge is 0.279 e. The van der Waals surface area contributed by atoms with E-state index >= 15 is 0 Å². The van der Waals surface area contributed by atoms with Gasteiger partial charge in [-0.25, -0.2) is 8.42 Å². The van der Waals surface area contributed by atoms with Crippen LogP contribution < -0.4 is 4.80 Å². The number of thiazole rings is 1. The molecule has 7 nitrogen and oxygen atoms in total. The van der Waals surface area contributed by atoms with Gasteiger partial charge in [0.15, 0.2) is 4.80 Å². The molecule has 0 N–H and O–H groups in total. The lowest BCUT2D eigenvalue weighted by Gasteiger charge is -2.19. The molecule has 0 saturated carbocycles. The molecule has 3 aromatic rings. The first-order chi connectivity index (χ1) is 15.9. The lowest BCUT2D eigenvalue weighted by molar-refractivity contribution is 0.0996. The van der Waals surface area contributed by atoms with E-state index in [1.165, 1.54) is 52.1 Å². The zero-order chi connectivity index (χ0) is 23.8. The minimum absolute atomic E-state index is 0.0939. The van der Waals surface area contributed by atoms with E-state index in [0.29, 0.717) is 30.1 Å². The van der Waals surface area contributed by atoms with Crippen LogP contribution in [-0.2, 0) is 21.3 Å². The summed E-state index contributed by atoms with van der Waals surface area (Å²) in [6.07, 6.45) is 3.03. The Kier molecular flexibility index (Phi) is 8.51. The molecule has 0 fully saturated rings. The van der Waals surface area contributed by atoms with Gasteiger partial charge in [-0.15, -0.1) is 13.2 Å². The van der Waals surface area contributed by atoms with Gasteiger partial charge in [0.05, 0.1) is 21.7 Å². The molecule has 0 saturated heterocycles. The van der Waals surface area contributed by atoms with Gasteiger partial charge in [-0.3, -0.25) is 4.79 Å². The molecule has 174 valence electrons. The zero-order valence-corrected chi connectivity index (χ0v) is 20.1. The molecule has 0 radical (unpaired) electrons. The fraction of sp³-hybridized carbons (Fsp3) is 0.250. The van der Waals surface area contributed by atoms with E-state index in [9.17, 15) is 13.2 Å². The van der Waals surface area contributed by atoms with Crippen LogP contribution in [0.3, 0.4) is 0 Å². The van der Waals surface area contributed by atoms with E-state index in [1.54, 1.807) is 0 Å². The van der Waals surface area contributed by atoms with Crippen LogP contribution in [0, 0.1) is 0 Å². The number of fused-ring (bicyclic) bond motifs is 1. The minimum Gasteiger partial charge on any atom is -0.380 e. The first-order valence-electron chi connectivity index (χ1n) is 10.5. The third kappa shape index (κ3) is 5.75. The van der Waals surface area contributed by atoms with Crippen LogP contribution in [0.2, 0.25) is 0 Å². The van der Waals surface area contributed by atoms with Crippen molar-refractivity contribution in [3.05, 3.63) is 84.2 Å². The fourth-order valence-corrected chi connectivity index (χ4v) is 5.69. The normalized spacial score (nSPS) is 12.4. The Balaban J connectivity index is 1.92. The first kappa shape index (κ1) is 24.8. The highest BCUT2D eigenvalue weighted by Gasteiger charge is 2.22. The summed E-state index contributed by atoms with van der Waals surface area (Å²) in [6, 6.07) is 13.7. The molecule has 0 aliphatic rings. The second kappa shape index (κ2) is 11.3. The highest BCUT2D eigenvalue weighted by atomic mass is 32.2. The van der Waals surface area contributed by atoms with Crippen LogP contribution in [0.5, 0.6) is 0 Å². The van der Waals surface area contributed by atoms with Crippen molar-refractivity contribution in [1.82, 2.24) is 8.87 Å². The molecule has 1 aromatic heterocycles. The number of hydrogen-bond acceptors (Lipinski definition) is 5. The highest BCUT2D eigenvalue weighted by molar-refractivity contribution is 7.89. The van der Waals surface area contributed by atoms with Crippen LogP contribution >= 0.6 is 11.3 Å². The molecular formula is C24H27N3O4S2. The molecule has 0 unspecified atom stereocenters. The van der Waals surface area contributed by atoms with Crippen molar-refractivity contribution in [3.63, 3.8) is 0 Å². The van der Waals surface area contributed by atoms with E-state index in [-0.39, 0.29) is 18.0 Å². The van der Waals surface area contributed by atoms with Crippen LogP contribution in [0.4, 0.5) is 0 Å². The van der Waals surface area contributed by atoms with Crippen LogP contribution in [0.1, 0.15) is 17.3 Å². The number of carbonyl (C=O) groups is 1. The van der Waals surface area contributed by atoms with Gasteiger partial charge in [-0.05, 0) is 43.3 Å². The topological polar surface area (TPSA) is 81.0 Å². The predicted octanol–water partition coefficient (Wildman–Crippen LogP) is 3.84. The summed E-state index contributed by atoms with van der Waals surface area (Å²) in [5, 5.41) is 0. The van der Waals surface area contributed by atoms with Gasteiger partial charge in [0.1, 0.15) is 0 Å². The maximum absolute atomic E-state index is 12.9. The van der Waals surface area contributed by atoms with E-state index in [4.69, 9.17) is 4.74 Å². The van der Waals surface area contributed by atoms with Crippen molar-refractivity contribution in [2.75, 3.05) is 26.3 Å². The Labute approximate surface area is 198 Å². The van der Waals surface area contributed by atoms with Gasteiger partial charge in [0, 0.05) is 31.8 Å². The van der Waals surface area contributed by atoms with Gasteiger partial charge >= 0.3 is 0 Å². The van der Waals surface area contributed by atoms with Gasteiger partial charge in [0.25, 0.3) is 5.91 Å². The molecule has 2 aromatic carbocycles. The summed E-state index contributed by atoms with van der Waals surface area (Å²) in [4.78, 5) is 17.9. The van der Waals surface area contributed by atoms with E-state index in [2.05, 4.69) is 18.2 Å². The number of benzene rings is 2. The Morgan fingerprint density at radius 2 is 1.79 bits per heavy atom. The third-order valence-corrected chi connectivity index (χ3v) is 7.76. The number of rotatable bonds is 11. The largest absolute Gasteiger partial charge is 0.380 e. The summed E-state index contributed by atoms with van der Waals surface area (Å²) in [6.45, 7) is 11.2. The van der Waals surface area contributed by atoms with Gasteiger partial charge in [-0.2, -0.15) is 9.30 Å². The molecule has 9 heteroatoms. The van der Waals surface area contributed by atoms with Crippen molar-refractivity contribution in [1.29, 1.82) is 0 Å². The summed E-state index contributed by atoms with van der Waals surface area (Å²) in [5.41, 5.74) is 1.29. The Morgan fingerprint density at radius 3 is 2.42 bits per heavy atom. The molecule has 0 bridgehead atoms. The maximum Gasteiger partial charge on any atom is 0.279 e. The number of aromatic nitrogens is 1. The number of hydrogen-bond donors (Lipinski definition) is 0. The highest BCUT2D eigenvalue weighted by Crippen LogP contribution is 2.19. The minimum atomic E-state index is -3.73. The van der Waals surface area contributed by atoms with Crippen molar-refractivity contribution in [2.24, 2.45) is 4.99 Å². The molecule has 0 spiro atoms. The summed E-state index contributed by atoms with van der Waals surface area (Å²) < 4.78 is 35.5. The summed E-state index contributed by atoms with van der Waals surface area (Å²) >= 11 is 1.43. The molecule has 1 heterocycles. The number of ether oxygens (including phenoxy) is 1. The Bertz CT molecular complexity index is 1300. The number of amides is 1. The Hall–Kier alpha value is -2.85. The maximum atomic E-state index is 12.9. The molecule has 3 rings (SSSR count). The summed E-state index contributed by atoms with van der Waals surface area (Å²) in [7, 11) is -3.73. The van der Waals surface area contributed by atoms with Crippen LogP contribution in [0.15, 0.2) is 83.7 Å². The fourth-order valence-electron chi connectivity index (χ4n) is 3.25.